The molecule has 1 heterocycles. The standard InChI is InChI=1S/C20H24N2O4.ClH/c1-25-18-7-5-14(6-8-18)12-26-13-15-3-2-4-16(9-15)22-20(24)19-10-17(23)11-21-19;/h2-9,17,19,21,23H,10-13H2,1H3,(H,22,24);1H. The number of carbonyl (C=O) groups excluding carboxylic acids is 1. The molecule has 6 nitrogen and oxygen atoms in total. The minimum Gasteiger partial charge on any atom is -0.497 e. The maximum absolute atomic E-state index is 12.2. The van der Waals surface area contributed by atoms with Crippen LogP contribution in [0.3, 0.4) is 0 Å². The Hall–Kier alpha value is -2.12. The van der Waals surface area contributed by atoms with E-state index >= 15 is 0 Å². The zero-order valence-corrected chi connectivity index (χ0v) is 16.0. The van der Waals surface area contributed by atoms with E-state index in [1.165, 1.54) is 0 Å². The molecule has 146 valence electrons. The first-order valence-electron chi connectivity index (χ1n) is 8.66. The first-order valence-corrected chi connectivity index (χ1v) is 8.66. The van der Waals surface area contributed by atoms with E-state index in [-0.39, 0.29) is 24.4 Å². The smallest absolute Gasteiger partial charge is 0.241 e. The maximum atomic E-state index is 12.2. The monoisotopic (exact) mass is 392 g/mol. The van der Waals surface area contributed by atoms with Crippen molar-refractivity contribution in [2.45, 2.75) is 31.8 Å². The number of ether oxygens (including phenoxy) is 2. The van der Waals surface area contributed by atoms with Gasteiger partial charge in [0.2, 0.25) is 5.91 Å². The van der Waals surface area contributed by atoms with Crippen LogP contribution in [0.15, 0.2) is 48.5 Å². The Kier molecular flexibility index (Phi) is 8.06. The number of rotatable bonds is 7. The van der Waals surface area contributed by atoms with Crippen LogP contribution in [0.1, 0.15) is 17.5 Å². The lowest BCUT2D eigenvalue weighted by atomic mass is 10.1. The van der Waals surface area contributed by atoms with Gasteiger partial charge in [0.05, 0.1) is 32.5 Å². The first-order chi connectivity index (χ1) is 12.6. The van der Waals surface area contributed by atoms with Crippen LogP contribution < -0.4 is 15.4 Å². The summed E-state index contributed by atoms with van der Waals surface area (Å²) >= 11 is 0. The number of methoxy groups -OCH3 is 1. The number of anilines is 1. The van der Waals surface area contributed by atoms with Crippen molar-refractivity contribution in [2.24, 2.45) is 0 Å². The summed E-state index contributed by atoms with van der Waals surface area (Å²) in [5, 5.41) is 15.4. The number of aliphatic hydroxyl groups excluding tert-OH is 1. The fourth-order valence-electron chi connectivity index (χ4n) is 2.89. The van der Waals surface area contributed by atoms with Crippen molar-refractivity contribution in [1.29, 1.82) is 0 Å². The van der Waals surface area contributed by atoms with E-state index in [9.17, 15) is 9.90 Å². The zero-order chi connectivity index (χ0) is 18.4. The third-order valence-corrected chi connectivity index (χ3v) is 4.32. The Morgan fingerprint density at radius 2 is 1.93 bits per heavy atom. The molecule has 2 aromatic rings. The quantitative estimate of drug-likeness (QED) is 0.674. The number of benzene rings is 2. The summed E-state index contributed by atoms with van der Waals surface area (Å²) in [7, 11) is 1.64. The third-order valence-electron chi connectivity index (χ3n) is 4.32. The average Bonchev–Trinajstić information content (AvgIpc) is 3.09. The summed E-state index contributed by atoms with van der Waals surface area (Å²) < 4.78 is 10.9. The Morgan fingerprint density at radius 3 is 2.59 bits per heavy atom. The van der Waals surface area contributed by atoms with E-state index in [4.69, 9.17) is 9.47 Å². The summed E-state index contributed by atoms with van der Waals surface area (Å²) in [4.78, 5) is 12.2. The van der Waals surface area contributed by atoms with Gasteiger partial charge in [-0.25, -0.2) is 0 Å². The van der Waals surface area contributed by atoms with Gasteiger partial charge in [-0.3, -0.25) is 4.79 Å². The number of amides is 1. The number of β-amino-alcohol motifs (C(OH)–C–C–N with tert-alkyl or cyclic N) is 1. The zero-order valence-electron chi connectivity index (χ0n) is 15.2. The van der Waals surface area contributed by atoms with Crippen LogP contribution in [0.25, 0.3) is 0 Å². The molecule has 1 aliphatic rings. The van der Waals surface area contributed by atoms with Gasteiger partial charge in [0.25, 0.3) is 0 Å². The van der Waals surface area contributed by atoms with Gasteiger partial charge < -0.3 is 25.2 Å². The van der Waals surface area contributed by atoms with Crippen LogP contribution in [0, 0.1) is 0 Å². The fourth-order valence-corrected chi connectivity index (χ4v) is 2.89. The highest BCUT2D eigenvalue weighted by Crippen LogP contribution is 2.16. The molecule has 2 atom stereocenters. The van der Waals surface area contributed by atoms with Crippen molar-refractivity contribution in [3.8, 4) is 5.75 Å². The number of hydrogen-bond donors (Lipinski definition) is 3. The minimum absolute atomic E-state index is 0. The largest absolute Gasteiger partial charge is 0.497 e. The highest BCUT2D eigenvalue weighted by Gasteiger charge is 2.27. The van der Waals surface area contributed by atoms with Gasteiger partial charge in [-0.15, -0.1) is 12.4 Å². The maximum Gasteiger partial charge on any atom is 0.241 e. The average molecular weight is 393 g/mol. The number of carbonyl (C=O) groups is 1. The van der Waals surface area contributed by atoms with Crippen LogP contribution in [-0.2, 0) is 22.7 Å². The van der Waals surface area contributed by atoms with E-state index in [2.05, 4.69) is 10.6 Å². The molecule has 1 saturated heterocycles. The molecule has 7 heteroatoms. The van der Waals surface area contributed by atoms with E-state index in [1.807, 2.05) is 48.5 Å². The van der Waals surface area contributed by atoms with Gasteiger partial charge in [-0.05, 0) is 41.8 Å². The van der Waals surface area contributed by atoms with Crippen LogP contribution in [0.5, 0.6) is 5.75 Å². The minimum atomic E-state index is -0.455. The highest BCUT2D eigenvalue weighted by atomic mass is 35.5. The lowest BCUT2D eigenvalue weighted by Gasteiger charge is -2.12. The topological polar surface area (TPSA) is 79.8 Å². The van der Waals surface area contributed by atoms with E-state index < -0.39 is 6.10 Å². The Balaban J connectivity index is 0.00000261. The first kappa shape index (κ1) is 21.2. The van der Waals surface area contributed by atoms with Crippen molar-refractivity contribution in [1.82, 2.24) is 5.32 Å². The molecule has 3 N–H and O–H groups in total. The van der Waals surface area contributed by atoms with Gasteiger partial charge in [0, 0.05) is 12.2 Å². The molecule has 0 saturated carbocycles. The van der Waals surface area contributed by atoms with Crippen molar-refractivity contribution < 1.29 is 19.4 Å². The molecule has 1 amide bonds. The normalized spacial score (nSPS) is 18.6. The number of halogens is 1. The molecule has 0 radical (unpaired) electrons. The molecular weight excluding hydrogens is 368 g/mol. The summed E-state index contributed by atoms with van der Waals surface area (Å²) in [5.41, 5.74) is 2.78. The van der Waals surface area contributed by atoms with E-state index in [1.54, 1.807) is 7.11 Å². The second-order valence-electron chi connectivity index (χ2n) is 6.38. The summed E-state index contributed by atoms with van der Waals surface area (Å²) in [5.74, 6) is 0.694. The predicted octanol–water partition coefficient (Wildman–Crippen LogP) is 2.50. The van der Waals surface area contributed by atoms with Crippen molar-refractivity contribution in [3.63, 3.8) is 0 Å². The van der Waals surface area contributed by atoms with Crippen LogP contribution in [-0.4, -0.2) is 36.8 Å². The number of aliphatic hydroxyl groups is 1. The lowest BCUT2D eigenvalue weighted by molar-refractivity contribution is -0.117. The molecule has 27 heavy (non-hydrogen) atoms. The van der Waals surface area contributed by atoms with Crippen LogP contribution >= 0.6 is 12.4 Å². The molecule has 1 aliphatic heterocycles. The fraction of sp³-hybridized carbons (Fsp3) is 0.350. The van der Waals surface area contributed by atoms with Crippen LogP contribution in [0.4, 0.5) is 5.69 Å². The van der Waals surface area contributed by atoms with Crippen molar-refractivity contribution >= 4 is 24.0 Å². The third kappa shape index (κ3) is 6.22. The summed E-state index contributed by atoms with van der Waals surface area (Å²) in [6, 6.07) is 15.0. The van der Waals surface area contributed by atoms with Gasteiger partial charge in [0.15, 0.2) is 0 Å². The second kappa shape index (κ2) is 10.3. The molecule has 2 unspecified atom stereocenters. The van der Waals surface area contributed by atoms with Crippen molar-refractivity contribution in [3.05, 3.63) is 59.7 Å². The van der Waals surface area contributed by atoms with Crippen LogP contribution in [0.2, 0.25) is 0 Å². The number of hydrogen-bond acceptors (Lipinski definition) is 5. The van der Waals surface area contributed by atoms with E-state index in [0.717, 1.165) is 22.6 Å². The summed E-state index contributed by atoms with van der Waals surface area (Å²) in [6.45, 7) is 1.41. The second-order valence-corrected chi connectivity index (χ2v) is 6.38. The Bertz CT molecular complexity index is 739. The summed E-state index contributed by atoms with van der Waals surface area (Å²) in [6.07, 6.45) is -0.0142. The lowest BCUT2D eigenvalue weighted by Crippen LogP contribution is -2.35. The molecule has 0 aliphatic carbocycles. The molecule has 2 aromatic carbocycles. The van der Waals surface area contributed by atoms with Gasteiger partial charge in [0.1, 0.15) is 5.75 Å². The SMILES string of the molecule is COc1ccc(COCc2cccc(NC(=O)C3CC(O)CN3)c2)cc1.Cl. The number of nitrogens with one attached hydrogen (secondary N) is 2. The molecule has 0 spiro atoms. The highest BCUT2D eigenvalue weighted by molar-refractivity contribution is 5.95. The van der Waals surface area contributed by atoms with Gasteiger partial charge in [-0.1, -0.05) is 24.3 Å². The molecule has 0 aromatic heterocycles. The van der Waals surface area contributed by atoms with Gasteiger partial charge >= 0.3 is 0 Å². The van der Waals surface area contributed by atoms with Gasteiger partial charge in [-0.2, -0.15) is 0 Å². The van der Waals surface area contributed by atoms with Crippen molar-refractivity contribution in [2.75, 3.05) is 19.0 Å². The molecular formula is C20H25ClN2O4. The Morgan fingerprint density at radius 1 is 1.19 bits per heavy atom. The molecule has 1 fully saturated rings. The van der Waals surface area contributed by atoms with E-state index in [0.29, 0.717) is 26.2 Å². The molecule has 0 bridgehead atoms. The molecule has 3 rings (SSSR count). The predicted molar refractivity (Wildman–Crippen MR) is 106 cm³/mol. The Labute approximate surface area is 165 Å².